The minimum Gasteiger partial charge on any atom is -0.461 e. The Kier molecular flexibility index (Phi) is 5.62. The number of rotatable bonds is 4. The molecule has 3 heterocycles. The molecule has 2 saturated heterocycles. The number of aliphatic hydroxyl groups is 1. The number of carbonyl (C=O) groups is 1. The van der Waals surface area contributed by atoms with Gasteiger partial charge in [0.1, 0.15) is 6.10 Å². The molecule has 1 aromatic rings. The molecule has 0 radical (unpaired) electrons. The lowest BCUT2D eigenvalue weighted by Gasteiger charge is -2.52. The molecule has 0 bridgehead atoms. The number of allylic oxidation sites excluding steroid dienone is 1. The molecule has 0 aromatic heterocycles. The van der Waals surface area contributed by atoms with E-state index in [1.54, 1.807) is 0 Å². The third kappa shape index (κ3) is 3.64. The van der Waals surface area contributed by atoms with Gasteiger partial charge in [-0.15, -0.1) is 0 Å². The minimum atomic E-state index is -0.531. The number of hydrogen-bond acceptors (Lipinski definition) is 7. The second kappa shape index (κ2) is 8.54. The van der Waals surface area contributed by atoms with E-state index in [2.05, 4.69) is 41.9 Å². The summed E-state index contributed by atoms with van der Waals surface area (Å²) in [6.45, 7) is 10.1. The Hall–Kier alpha value is -2.09. The van der Waals surface area contributed by atoms with E-state index in [0.29, 0.717) is 19.3 Å². The zero-order chi connectivity index (χ0) is 23.4. The van der Waals surface area contributed by atoms with E-state index >= 15 is 0 Å². The summed E-state index contributed by atoms with van der Waals surface area (Å²) in [7, 11) is 0. The number of aliphatic hydroxyl groups excluding tert-OH is 1. The van der Waals surface area contributed by atoms with Crippen molar-refractivity contribution in [3.63, 3.8) is 0 Å². The molecule has 3 aliphatic heterocycles. The van der Waals surface area contributed by atoms with Crippen molar-refractivity contribution in [2.75, 3.05) is 39.5 Å². The number of ether oxygens (including phenoxy) is 3. The van der Waals surface area contributed by atoms with E-state index in [9.17, 15) is 9.90 Å². The summed E-state index contributed by atoms with van der Waals surface area (Å²) >= 11 is 0. The fraction of sp³-hybridized carbons (Fsp3) is 0.667. The van der Waals surface area contributed by atoms with Crippen LogP contribution in [0.25, 0.3) is 0 Å². The highest BCUT2D eigenvalue weighted by atomic mass is 16.7. The van der Waals surface area contributed by atoms with E-state index in [-0.39, 0.29) is 29.3 Å². The Morgan fingerprint density at radius 1 is 1.12 bits per heavy atom. The van der Waals surface area contributed by atoms with Crippen molar-refractivity contribution in [3.05, 3.63) is 35.4 Å². The molecule has 6 atom stereocenters. The van der Waals surface area contributed by atoms with Gasteiger partial charge in [0.25, 0.3) is 0 Å². The topological polar surface area (TPSA) is 71.5 Å². The summed E-state index contributed by atoms with van der Waals surface area (Å²) in [6, 6.07) is 6.16. The van der Waals surface area contributed by atoms with Gasteiger partial charge >= 0.3 is 5.97 Å². The van der Waals surface area contributed by atoms with E-state index in [1.165, 1.54) is 11.1 Å². The maximum atomic E-state index is 12.9. The normalized spacial score (nSPS) is 37.7. The van der Waals surface area contributed by atoms with Gasteiger partial charge in [-0.2, -0.15) is 0 Å². The minimum absolute atomic E-state index is 0.109. The number of piperazine rings is 1. The first kappa shape index (κ1) is 22.4. The van der Waals surface area contributed by atoms with Gasteiger partial charge in [0, 0.05) is 57.0 Å². The first-order chi connectivity index (χ1) is 16.4. The van der Waals surface area contributed by atoms with Crippen LogP contribution in [0.5, 0.6) is 11.5 Å². The second-order valence-corrected chi connectivity index (χ2v) is 11.1. The predicted octanol–water partition coefficient (Wildman–Crippen LogP) is 2.82. The van der Waals surface area contributed by atoms with E-state index in [0.717, 1.165) is 63.5 Å². The standard InChI is InChI=1S/C27H36N2O5/c1-17-4-3-5-19-13-23-24(25(30)27(17,19)2)20(26(31)34-23)15-29-10-8-28(9-11-29)14-18-6-7-21-22(12-18)33-16-32-21/h5-7,12,17,20,23-25,30H,3-4,8-11,13-16H2,1-2H3/t17-,20+,23+,24+,25-,27+/m0/s1. The highest BCUT2D eigenvalue weighted by molar-refractivity contribution is 5.76. The Morgan fingerprint density at radius 2 is 1.88 bits per heavy atom. The van der Waals surface area contributed by atoms with Crippen LogP contribution in [-0.2, 0) is 16.1 Å². The summed E-state index contributed by atoms with van der Waals surface area (Å²) in [4.78, 5) is 17.8. The van der Waals surface area contributed by atoms with E-state index in [4.69, 9.17) is 14.2 Å². The fourth-order valence-corrected chi connectivity index (χ4v) is 6.98. The van der Waals surface area contributed by atoms with Crippen molar-refractivity contribution in [3.8, 4) is 11.5 Å². The lowest BCUT2D eigenvalue weighted by Crippen LogP contribution is -2.55. The summed E-state index contributed by atoms with van der Waals surface area (Å²) in [5.41, 5.74) is 2.28. The van der Waals surface area contributed by atoms with Crippen LogP contribution in [0.2, 0.25) is 0 Å². The summed E-state index contributed by atoms with van der Waals surface area (Å²) in [5.74, 6) is 1.59. The quantitative estimate of drug-likeness (QED) is 0.538. The van der Waals surface area contributed by atoms with Crippen LogP contribution in [0.15, 0.2) is 29.8 Å². The fourth-order valence-electron chi connectivity index (χ4n) is 6.98. The molecule has 7 heteroatoms. The highest BCUT2D eigenvalue weighted by Crippen LogP contribution is 2.56. The number of nitrogens with zero attached hydrogens (tertiary/aromatic N) is 2. The second-order valence-electron chi connectivity index (χ2n) is 11.1. The van der Waals surface area contributed by atoms with Crippen LogP contribution in [0.4, 0.5) is 0 Å². The van der Waals surface area contributed by atoms with Gasteiger partial charge in [-0.05, 0) is 36.5 Å². The Balaban J connectivity index is 1.09. The predicted molar refractivity (Wildman–Crippen MR) is 126 cm³/mol. The third-order valence-corrected chi connectivity index (χ3v) is 9.33. The number of hydrogen-bond donors (Lipinski definition) is 1. The average Bonchev–Trinajstić information content (AvgIpc) is 3.41. The SMILES string of the molecule is C[C@H]1CCC=C2C[C@H]3OC(=O)[C@H](CN4CCN(Cc5ccc6c(c5)OCO6)CC4)[C@H]3[C@H](O)[C@@]21C. The third-order valence-electron chi connectivity index (χ3n) is 9.33. The van der Waals surface area contributed by atoms with E-state index in [1.807, 2.05) is 6.07 Å². The van der Waals surface area contributed by atoms with Gasteiger partial charge in [-0.3, -0.25) is 14.6 Å². The maximum Gasteiger partial charge on any atom is 0.311 e. The number of esters is 1. The molecule has 34 heavy (non-hydrogen) atoms. The number of fused-ring (bicyclic) bond motifs is 3. The van der Waals surface area contributed by atoms with Crippen LogP contribution in [0, 0.1) is 23.2 Å². The molecule has 1 N–H and O–H groups in total. The molecule has 1 saturated carbocycles. The van der Waals surface area contributed by atoms with Gasteiger partial charge in [0.05, 0.1) is 12.0 Å². The lowest BCUT2D eigenvalue weighted by molar-refractivity contribution is -0.145. The van der Waals surface area contributed by atoms with Crippen LogP contribution in [0.1, 0.15) is 38.7 Å². The van der Waals surface area contributed by atoms with E-state index < -0.39 is 6.10 Å². The number of benzene rings is 1. The molecular weight excluding hydrogens is 432 g/mol. The molecule has 2 aliphatic carbocycles. The van der Waals surface area contributed by atoms with Gasteiger partial charge < -0.3 is 19.3 Å². The van der Waals surface area contributed by atoms with Crippen LogP contribution >= 0.6 is 0 Å². The summed E-state index contributed by atoms with van der Waals surface area (Å²) < 4.78 is 16.8. The smallest absolute Gasteiger partial charge is 0.311 e. The Morgan fingerprint density at radius 3 is 2.71 bits per heavy atom. The molecule has 0 amide bonds. The molecule has 0 unspecified atom stereocenters. The van der Waals surface area contributed by atoms with Crippen LogP contribution in [0.3, 0.4) is 0 Å². The Labute approximate surface area is 201 Å². The summed E-state index contributed by atoms with van der Waals surface area (Å²) in [5, 5.41) is 11.6. The zero-order valence-corrected chi connectivity index (χ0v) is 20.2. The van der Waals surface area contributed by atoms with Gasteiger partial charge in [0.15, 0.2) is 11.5 Å². The first-order valence-electron chi connectivity index (χ1n) is 12.8. The highest BCUT2D eigenvalue weighted by Gasteiger charge is 2.59. The lowest BCUT2D eigenvalue weighted by atomic mass is 9.55. The van der Waals surface area contributed by atoms with Crippen molar-refractivity contribution < 1.29 is 24.1 Å². The van der Waals surface area contributed by atoms with Crippen molar-refractivity contribution in [2.45, 2.75) is 51.9 Å². The van der Waals surface area contributed by atoms with Crippen molar-refractivity contribution in [1.82, 2.24) is 9.80 Å². The monoisotopic (exact) mass is 468 g/mol. The van der Waals surface area contributed by atoms with Gasteiger partial charge in [-0.25, -0.2) is 0 Å². The van der Waals surface area contributed by atoms with Crippen molar-refractivity contribution in [1.29, 1.82) is 0 Å². The van der Waals surface area contributed by atoms with Crippen molar-refractivity contribution in [2.24, 2.45) is 23.2 Å². The largest absolute Gasteiger partial charge is 0.461 e. The Bertz CT molecular complexity index is 987. The van der Waals surface area contributed by atoms with Crippen molar-refractivity contribution >= 4 is 5.97 Å². The van der Waals surface area contributed by atoms with Crippen LogP contribution in [-0.4, -0.2) is 72.6 Å². The molecule has 5 aliphatic rings. The molecule has 1 aromatic carbocycles. The first-order valence-corrected chi connectivity index (χ1v) is 12.8. The van der Waals surface area contributed by atoms with Gasteiger partial charge in [-0.1, -0.05) is 31.6 Å². The summed E-state index contributed by atoms with van der Waals surface area (Å²) in [6.07, 6.45) is 4.53. The average molecular weight is 469 g/mol. The molecular formula is C27H36N2O5. The molecule has 6 rings (SSSR count). The molecule has 3 fully saturated rings. The zero-order valence-electron chi connectivity index (χ0n) is 20.2. The maximum absolute atomic E-state index is 12.9. The molecule has 0 spiro atoms. The number of carbonyl (C=O) groups excluding carboxylic acids is 1. The van der Waals surface area contributed by atoms with Crippen LogP contribution < -0.4 is 9.47 Å². The van der Waals surface area contributed by atoms with Gasteiger partial charge in [0.2, 0.25) is 6.79 Å². The molecule has 184 valence electrons. The molecule has 7 nitrogen and oxygen atoms in total.